The Morgan fingerprint density at radius 2 is 1.83 bits per heavy atom. The number of hydrogen-bond acceptors (Lipinski definition) is 8. The maximum Gasteiger partial charge on any atom is 0.338 e. The van der Waals surface area contributed by atoms with Gasteiger partial charge < -0.3 is 20.0 Å². The van der Waals surface area contributed by atoms with Gasteiger partial charge in [0, 0.05) is 18.8 Å². The Bertz CT molecular complexity index is 959. The van der Waals surface area contributed by atoms with E-state index in [9.17, 15) is 23.1 Å². The molecule has 30 heavy (non-hydrogen) atoms. The van der Waals surface area contributed by atoms with Gasteiger partial charge in [0.05, 0.1) is 28.2 Å². The van der Waals surface area contributed by atoms with E-state index in [1.54, 1.807) is 13.8 Å². The number of sulfonamides is 1. The third kappa shape index (κ3) is 5.53. The van der Waals surface area contributed by atoms with Gasteiger partial charge in [-0.1, -0.05) is 6.07 Å². The van der Waals surface area contributed by atoms with E-state index in [0.717, 1.165) is 0 Å². The Kier molecular flexibility index (Phi) is 7.51. The van der Waals surface area contributed by atoms with Crippen molar-refractivity contribution in [2.75, 3.05) is 19.7 Å². The fraction of sp³-hybridized carbons (Fsp3) is 0.450. The number of morpholine rings is 1. The number of ketones is 1. The van der Waals surface area contributed by atoms with Crippen LogP contribution in [0.2, 0.25) is 0 Å². The van der Waals surface area contributed by atoms with E-state index in [4.69, 9.17) is 14.9 Å². The van der Waals surface area contributed by atoms with Crippen LogP contribution in [0.4, 0.5) is 0 Å². The highest BCUT2D eigenvalue weighted by Crippen LogP contribution is 2.22. The normalized spacial score (nSPS) is 20.9. The highest BCUT2D eigenvalue weighted by Gasteiger charge is 2.32. The molecule has 0 spiro atoms. The Morgan fingerprint density at radius 1 is 1.23 bits per heavy atom. The second-order valence-electron chi connectivity index (χ2n) is 7.19. The molecule has 1 aromatic rings. The van der Waals surface area contributed by atoms with Crippen molar-refractivity contribution >= 4 is 27.5 Å². The maximum absolute atomic E-state index is 13.0. The number of carbonyl (C=O) groups excluding carboxylic acids is 2. The Morgan fingerprint density at radius 3 is 2.37 bits per heavy atom. The van der Waals surface area contributed by atoms with E-state index in [1.807, 2.05) is 0 Å². The molecule has 2 N–H and O–H groups in total. The molecule has 2 unspecified atom stereocenters. The summed E-state index contributed by atoms with van der Waals surface area (Å²) in [5, 5.41) is 17.5. The summed E-state index contributed by atoms with van der Waals surface area (Å²) in [6.07, 6.45) is -0.501. The van der Waals surface area contributed by atoms with Crippen molar-refractivity contribution in [2.24, 2.45) is 0 Å². The average Bonchev–Trinajstić information content (AvgIpc) is 2.64. The van der Waals surface area contributed by atoms with Crippen LogP contribution in [0.25, 0.3) is 0 Å². The molecule has 10 heteroatoms. The summed E-state index contributed by atoms with van der Waals surface area (Å²) in [4.78, 5) is 23.8. The molecule has 1 saturated heterocycles. The smallest absolute Gasteiger partial charge is 0.338 e. The first-order valence-corrected chi connectivity index (χ1v) is 10.8. The van der Waals surface area contributed by atoms with Crippen molar-refractivity contribution in [3.8, 4) is 0 Å². The SMILES string of the molecule is CC(=N)/C(C(C)=O)=C(/O)COC(=O)c1cccc(S(=O)(=O)N2CC(C)OC(C)C2)c1. The van der Waals surface area contributed by atoms with Crippen molar-refractivity contribution < 1.29 is 32.6 Å². The standard InChI is InChI=1S/C20H26N2O7S/c1-12-9-22(10-13(2)29-12)30(26,27)17-7-5-6-16(8-17)20(25)28-11-18(24)19(14(3)21)15(4)23/h5-8,12-13,21,24H,9-11H2,1-4H3/b19-18-,21-14?. The molecule has 164 valence electrons. The van der Waals surface area contributed by atoms with E-state index in [1.165, 1.54) is 42.4 Å². The van der Waals surface area contributed by atoms with Crippen LogP contribution in [0.3, 0.4) is 0 Å². The average molecular weight is 439 g/mol. The molecule has 9 nitrogen and oxygen atoms in total. The van der Waals surface area contributed by atoms with Crippen LogP contribution >= 0.6 is 0 Å². The summed E-state index contributed by atoms with van der Waals surface area (Å²) in [6.45, 7) is 5.89. The third-order valence-corrected chi connectivity index (χ3v) is 6.28. The number of aliphatic hydroxyl groups is 1. The largest absolute Gasteiger partial charge is 0.508 e. The molecule has 1 aliphatic rings. The summed E-state index contributed by atoms with van der Waals surface area (Å²) < 4.78 is 37.8. The first-order valence-electron chi connectivity index (χ1n) is 9.34. The van der Waals surface area contributed by atoms with Gasteiger partial charge in [-0.2, -0.15) is 4.31 Å². The lowest BCUT2D eigenvalue weighted by Crippen LogP contribution is -2.48. The van der Waals surface area contributed by atoms with Crippen molar-refractivity contribution in [1.82, 2.24) is 4.31 Å². The van der Waals surface area contributed by atoms with Crippen molar-refractivity contribution in [3.05, 3.63) is 41.2 Å². The lowest BCUT2D eigenvalue weighted by molar-refractivity contribution is -0.113. The number of allylic oxidation sites excluding steroid dienone is 1. The topological polar surface area (TPSA) is 134 Å². The Balaban J connectivity index is 2.20. The Labute approximate surface area is 175 Å². The highest BCUT2D eigenvalue weighted by atomic mass is 32.2. The van der Waals surface area contributed by atoms with Crippen LogP contribution in [-0.4, -0.2) is 67.2 Å². The first-order chi connectivity index (χ1) is 13.9. The van der Waals surface area contributed by atoms with E-state index >= 15 is 0 Å². The fourth-order valence-electron chi connectivity index (χ4n) is 3.23. The van der Waals surface area contributed by atoms with Gasteiger partial charge in [-0.15, -0.1) is 0 Å². The first kappa shape index (κ1) is 23.7. The highest BCUT2D eigenvalue weighted by molar-refractivity contribution is 7.89. The number of benzene rings is 1. The zero-order valence-electron chi connectivity index (χ0n) is 17.3. The predicted octanol–water partition coefficient (Wildman–Crippen LogP) is 2.08. The molecule has 0 aromatic heterocycles. The molecule has 2 atom stereocenters. The minimum atomic E-state index is -3.84. The molecular weight excluding hydrogens is 412 g/mol. The van der Waals surface area contributed by atoms with Crippen molar-refractivity contribution in [1.29, 1.82) is 5.41 Å². The summed E-state index contributed by atoms with van der Waals surface area (Å²) >= 11 is 0. The lowest BCUT2D eigenvalue weighted by atomic mass is 10.1. The number of aliphatic hydroxyl groups excluding tert-OH is 1. The van der Waals surface area contributed by atoms with Crippen LogP contribution in [0.5, 0.6) is 0 Å². The summed E-state index contributed by atoms with van der Waals surface area (Å²) in [6, 6.07) is 5.41. The van der Waals surface area contributed by atoms with Crippen LogP contribution in [-0.2, 0) is 24.3 Å². The van der Waals surface area contributed by atoms with Crippen molar-refractivity contribution in [3.63, 3.8) is 0 Å². The van der Waals surface area contributed by atoms with E-state index in [0.29, 0.717) is 0 Å². The minimum absolute atomic E-state index is 0.0193. The number of nitrogens with one attached hydrogen (secondary N) is 1. The molecule has 2 rings (SSSR count). The lowest BCUT2D eigenvalue weighted by Gasteiger charge is -2.34. The number of ether oxygens (including phenoxy) is 2. The van der Waals surface area contributed by atoms with Gasteiger partial charge in [0.1, 0.15) is 12.4 Å². The molecule has 0 bridgehead atoms. The van der Waals surface area contributed by atoms with Crippen LogP contribution < -0.4 is 0 Å². The van der Waals surface area contributed by atoms with Crippen LogP contribution in [0.1, 0.15) is 38.1 Å². The number of Topliss-reactive ketones (excluding diaryl/α,β-unsaturated/α-hetero) is 1. The quantitative estimate of drug-likeness (QED) is 0.288. The number of esters is 1. The number of hydrogen-bond donors (Lipinski definition) is 2. The molecule has 1 aromatic carbocycles. The summed E-state index contributed by atoms with van der Waals surface area (Å²) in [7, 11) is -3.84. The predicted molar refractivity (Wildman–Crippen MR) is 109 cm³/mol. The molecule has 0 radical (unpaired) electrons. The van der Waals surface area contributed by atoms with E-state index in [2.05, 4.69) is 0 Å². The van der Waals surface area contributed by atoms with Crippen LogP contribution in [0, 0.1) is 5.41 Å². The van der Waals surface area contributed by atoms with Crippen LogP contribution in [0.15, 0.2) is 40.5 Å². The van der Waals surface area contributed by atoms with Gasteiger partial charge in [0.25, 0.3) is 0 Å². The molecule has 0 saturated carbocycles. The number of nitrogens with zero attached hydrogens (tertiary/aromatic N) is 1. The van der Waals surface area contributed by atoms with Gasteiger partial charge in [0.15, 0.2) is 5.78 Å². The van der Waals surface area contributed by atoms with E-state index in [-0.39, 0.29) is 47.0 Å². The van der Waals surface area contributed by atoms with Crippen molar-refractivity contribution in [2.45, 2.75) is 44.8 Å². The second-order valence-corrected chi connectivity index (χ2v) is 9.12. The fourth-order valence-corrected chi connectivity index (χ4v) is 4.87. The molecule has 1 heterocycles. The molecule has 1 aliphatic heterocycles. The van der Waals surface area contributed by atoms with Gasteiger partial charge in [0.2, 0.25) is 10.0 Å². The van der Waals surface area contributed by atoms with Gasteiger partial charge in [-0.05, 0) is 45.9 Å². The summed E-state index contributed by atoms with van der Waals surface area (Å²) in [5.74, 6) is -1.94. The Hall–Kier alpha value is -2.56. The maximum atomic E-state index is 13.0. The monoisotopic (exact) mass is 438 g/mol. The zero-order valence-corrected chi connectivity index (χ0v) is 18.2. The molecule has 1 fully saturated rings. The molecule has 0 amide bonds. The van der Waals surface area contributed by atoms with E-state index < -0.39 is 34.1 Å². The third-order valence-electron chi connectivity index (χ3n) is 4.45. The van der Waals surface area contributed by atoms with Gasteiger partial charge in [-0.25, -0.2) is 13.2 Å². The van der Waals surface area contributed by atoms with Gasteiger partial charge >= 0.3 is 5.97 Å². The minimum Gasteiger partial charge on any atom is -0.508 e. The number of carbonyl (C=O) groups is 2. The zero-order chi connectivity index (χ0) is 22.6. The summed E-state index contributed by atoms with van der Waals surface area (Å²) in [5.41, 5.74) is -0.401. The molecule has 0 aliphatic carbocycles. The number of rotatable bonds is 7. The van der Waals surface area contributed by atoms with Gasteiger partial charge in [-0.3, -0.25) is 4.79 Å². The molecular formula is C20H26N2O7S. The second kappa shape index (κ2) is 9.50.